The van der Waals surface area contributed by atoms with Crippen molar-refractivity contribution in [3.05, 3.63) is 106 Å². The SMILES string of the molecule is Cc1ccc(/C(O)=C2\C(=O)C(=O)N(c3cccc(F)c3)C2c2ccccc2)cc1C. The van der Waals surface area contributed by atoms with Gasteiger partial charge in [-0.3, -0.25) is 14.5 Å². The Kier molecular flexibility index (Phi) is 4.96. The fraction of sp³-hybridized carbons (Fsp3) is 0.120. The third-order valence-electron chi connectivity index (χ3n) is 5.43. The van der Waals surface area contributed by atoms with Crippen molar-refractivity contribution in [1.29, 1.82) is 0 Å². The summed E-state index contributed by atoms with van der Waals surface area (Å²) in [6.45, 7) is 3.86. The zero-order valence-electron chi connectivity index (χ0n) is 16.6. The second kappa shape index (κ2) is 7.59. The lowest BCUT2D eigenvalue weighted by Crippen LogP contribution is -2.29. The van der Waals surface area contributed by atoms with Crippen LogP contribution in [0.2, 0.25) is 0 Å². The van der Waals surface area contributed by atoms with Gasteiger partial charge in [-0.15, -0.1) is 0 Å². The van der Waals surface area contributed by atoms with Crippen molar-refractivity contribution in [2.45, 2.75) is 19.9 Å². The Morgan fingerprint density at radius 1 is 0.900 bits per heavy atom. The first-order chi connectivity index (χ1) is 14.4. The van der Waals surface area contributed by atoms with Crippen LogP contribution in [0.15, 0.2) is 78.4 Å². The van der Waals surface area contributed by atoms with E-state index >= 15 is 0 Å². The average molecular weight is 401 g/mol. The molecule has 3 aromatic carbocycles. The third kappa shape index (κ3) is 3.28. The Bertz CT molecular complexity index is 1180. The second-order valence-corrected chi connectivity index (χ2v) is 7.36. The number of carbonyl (C=O) groups is 2. The molecule has 1 amide bonds. The minimum absolute atomic E-state index is 0.0151. The lowest BCUT2D eigenvalue weighted by Gasteiger charge is -2.25. The molecule has 0 spiro atoms. The molecule has 1 heterocycles. The molecule has 0 radical (unpaired) electrons. The van der Waals surface area contributed by atoms with Gasteiger partial charge in [0, 0.05) is 11.3 Å². The third-order valence-corrected chi connectivity index (χ3v) is 5.43. The van der Waals surface area contributed by atoms with Gasteiger partial charge in [0.05, 0.1) is 11.6 Å². The normalized spacial score (nSPS) is 18.1. The van der Waals surface area contributed by atoms with Crippen molar-refractivity contribution in [2.24, 2.45) is 0 Å². The van der Waals surface area contributed by atoms with E-state index in [9.17, 15) is 19.1 Å². The van der Waals surface area contributed by atoms with Gasteiger partial charge >= 0.3 is 0 Å². The minimum Gasteiger partial charge on any atom is -0.507 e. The summed E-state index contributed by atoms with van der Waals surface area (Å²) in [5.41, 5.74) is 3.34. The summed E-state index contributed by atoms with van der Waals surface area (Å²) in [4.78, 5) is 27.2. The molecule has 1 aliphatic rings. The van der Waals surface area contributed by atoms with Crippen LogP contribution in [0.3, 0.4) is 0 Å². The van der Waals surface area contributed by atoms with Crippen molar-refractivity contribution in [3.8, 4) is 0 Å². The van der Waals surface area contributed by atoms with E-state index in [4.69, 9.17) is 0 Å². The highest BCUT2D eigenvalue weighted by Gasteiger charge is 2.47. The first-order valence-electron chi connectivity index (χ1n) is 9.57. The van der Waals surface area contributed by atoms with Gasteiger partial charge in [-0.05, 0) is 54.8 Å². The molecular weight excluding hydrogens is 381 g/mol. The first-order valence-corrected chi connectivity index (χ1v) is 9.57. The number of Topliss-reactive ketones (excluding diaryl/α,β-unsaturated/α-hetero) is 1. The van der Waals surface area contributed by atoms with Gasteiger partial charge in [-0.25, -0.2) is 4.39 Å². The van der Waals surface area contributed by atoms with Gasteiger partial charge in [-0.2, -0.15) is 0 Å². The number of halogens is 1. The van der Waals surface area contributed by atoms with Crippen LogP contribution in [0.5, 0.6) is 0 Å². The van der Waals surface area contributed by atoms with Gasteiger partial charge in [0.2, 0.25) is 0 Å². The summed E-state index contributed by atoms with van der Waals surface area (Å²) in [5.74, 6) is -2.37. The Labute approximate surface area is 173 Å². The standard InChI is InChI=1S/C25H20FNO3/c1-15-11-12-18(13-16(15)2)23(28)21-22(17-7-4-3-5-8-17)27(25(30)24(21)29)20-10-6-9-19(26)14-20/h3-14,22,28H,1-2H3/b23-21+. The van der Waals surface area contributed by atoms with E-state index in [-0.39, 0.29) is 17.0 Å². The van der Waals surface area contributed by atoms with E-state index in [0.717, 1.165) is 11.1 Å². The summed E-state index contributed by atoms with van der Waals surface area (Å²) in [7, 11) is 0. The molecule has 30 heavy (non-hydrogen) atoms. The molecule has 1 saturated heterocycles. The molecule has 0 saturated carbocycles. The Morgan fingerprint density at radius 3 is 2.30 bits per heavy atom. The molecule has 1 aliphatic heterocycles. The number of hydrogen-bond donors (Lipinski definition) is 1. The molecule has 0 bridgehead atoms. The fourth-order valence-electron chi connectivity index (χ4n) is 3.72. The topological polar surface area (TPSA) is 57.6 Å². The van der Waals surface area contributed by atoms with E-state index in [1.54, 1.807) is 42.5 Å². The van der Waals surface area contributed by atoms with Crippen LogP contribution < -0.4 is 4.90 Å². The summed E-state index contributed by atoms with van der Waals surface area (Å²) < 4.78 is 13.9. The van der Waals surface area contributed by atoms with Crippen molar-refractivity contribution in [1.82, 2.24) is 0 Å². The molecule has 5 heteroatoms. The molecule has 3 aromatic rings. The summed E-state index contributed by atoms with van der Waals surface area (Å²) in [6, 6.07) is 19.0. The number of carbonyl (C=O) groups excluding carboxylic acids is 2. The molecule has 1 fully saturated rings. The number of ketones is 1. The first kappa shape index (κ1) is 19.6. The van der Waals surface area contributed by atoms with Gasteiger partial charge in [-0.1, -0.05) is 48.5 Å². The van der Waals surface area contributed by atoms with E-state index in [1.165, 1.54) is 23.1 Å². The quantitative estimate of drug-likeness (QED) is 0.379. The van der Waals surface area contributed by atoms with Crippen LogP contribution in [0.1, 0.15) is 28.3 Å². The summed E-state index contributed by atoms with van der Waals surface area (Å²) >= 11 is 0. The number of amides is 1. The number of nitrogens with zero attached hydrogens (tertiary/aromatic N) is 1. The molecule has 1 atom stereocenters. The highest BCUT2D eigenvalue weighted by molar-refractivity contribution is 6.51. The number of aryl methyl sites for hydroxylation is 2. The van der Waals surface area contributed by atoms with Crippen molar-refractivity contribution in [3.63, 3.8) is 0 Å². The van der Waals surface area contributed by atoms with Crippen molar-refractivity contribution in [2.75, 3.05) is 4.90 Å². The predicted octanol–water partition coefficient (Wildman–Crippen LogP) is 5.07. The fourth-order valence-corrected chi connectivity index (χ4v) is 3.72. The van der Waals surface area contributed by atoms with Crippen LogP contribution >= 0.6 is 0 Å². The number of hydrogen-bond acceptors (Lipinski definition) is 3. The number of anilines is 1. The van der Waals surface area contributed by atoms with Crippen LogP contribution in [0.4, 0.5) is 10.1 Å². The zero-order chi connectivity index (χ0) is 21.4. The molecule has 0 aromatic heterocycles. The van der Waals surface area contributed by atoms with E-state index in [0.29, 0.717) is 11.1 Å². The summed E-state index contributed by atoms with van der Waals surface area (Å²) in [6.07, 6.45) is 0. The Morgan fingerprint density at radius 2 is 1.63 bits per heavy atom. The largest absolute Gasteiger partial charge is 0.507 e. The molecular formula is C25H20FNO3. The second-order valence-electron chi connectivity index (χ2n) is 7.36. The molecule has 0 aliphatic carbocycles. The van der Waals surface area contributed by atoms with Crippen LogP contribution in [0, 0.1) is 19.7 Å². The van der Waals surface area contributed by atoms with E-state index < -0.39 is 23.5 Å². The lowest BCUT2D eigenvalue weighted by molar-refractivity contribution is -0.132. The predicted molar refractivity (Wildman–Crippen MR) is 114 cm³/mol. The van der Waals surface area contributed by atoms with Crippen LogP contribution in [0.25, 0.3) is 5.76 Å². The highest BCUT2D eigenvalue weighted by atomic mass is 19.1. The molecule has 4 rings (SSSR count). The molecule has 150 valence electrons. The zero-order valence-corrected chi connectivity index (χ0v) is 16.6. The maximum absolute atomic E-state index is 13.9. The van der Waals surface area contributed by atoms with Crippen LogP contribution in [-0.4, -0.2) is 16.8 Å². The van der Waals surface area contributed by atoms with Crippen molar-refractivity contribution < 1.29 is 19.1 Å². The van der Waals surface area contributed by atoms with Gasteiger partial charge in [0.15, 0.2) is 0 Å². The maximum atomic E-state index is 13.9. The lowest BCUT2D eigenvalue weighted by atomic mass is 9.94. The van der Waals surface area contributed by atoms with Crippen LogP contribution in [-0.2, 0) is 9.59 Å². The smallest absolute Gasteiger partial charge is 0.300 e. The summed E-state index contributed by atoms with van der Waals surface area (Å²) in [5, 5.41) is 11.1. The highest BCUT2D eigenvalue weighted by Crippen LogP contribution is 2.42. The molecule has 4 nitrogen and oxygen atoms in total. The Hall–Kier alpha value is -3.73. The molecule has 1 unspecified atom stereocenters. The maximum Gasteiger partial charge on any atom is 0.300 e. The molecule has 1 N–H and O–H groups in total. The van der Waals surface area contributed by atoms with E-state index in [1.807, 2.05) is 26.0 Å². The average Bonchev–Trinajstić information content (AvgIpc) is 3.01. The Balaban J connectivity index is 1.95. The van der Waals surface area contributed by atoms with Gasteiger partial charge in [0.1, 0.15) is 11.6 Å². The minimum atomic E-state index is -0.866. The number of aliphatic hydroxyl groups excluding tert-OH is 1. The van der Waals surface area contributed by atoms with Gasteiger partial charge < -0.3 is 5.11 Å². The van der Waals surface area contributed by atoms with Gasteiger partial charge in [0.25, 0.3) is 11.7 Å². The number of rotatable bonds is 3. The number of benzene rings is 3. The monoisotopic (exact) mass is 401 g/mol. The van der Waals surface area contributed by atoms with Crippen molar-refractivity contribution >= 4 is 23.1 Å². The number of aliphatic hydroxyl groups is 1. The van der Waals surface area contributed by atoms with E-state index in [2.05, 4.69) is 0 Å².